The molecule has 1 aromatic rings. The summed E-state index contributed by atoms with van der Waals surface area (Å²) >= 11 is 0. The molecule has 0 bridgehead atoms. The molecule has 0 radical (unpaired) electrons. The fourth-order valence-electron chi connectivity index (χ4n) is 2.21. The zero-order valence-electron chi connectivity index (χ0n) is 15.2. The normalized spacial score (nSPS) is 12.5. The van der Waals surface area contributed by atoms with Gasteiger partial charge in [-0.15, -0.1) is 0 Å². The van der Waals surface area contributed by atoms with Crippen molar-refractivity contribution in [1.82, 2.24) is 9.21 Å². The Balaban J connectivity index is 2.91. The van der Waals surface area contributed by atoms with Crippen molar-refractivity contribution in [3.05, 3.63) is 34.4 Å². The Morgan fingerprint density at radius 2 is 1.89 bits per heavy atom. The lowest BCUT2D eigenvalue weighted by Crippen LogP contribution is -2.50. The van der Waals surface area contributed by atoms with Gasteiger partial charge in [-0.3, -0.25) is 19.7 Å². The first kappa shape index (κ1) is 22.5. The minimum atomic E-state index is -4.25. The Labute approximate surface area is 156 Å². The first-order valence-electron chi connectivity index (χ1n) is 7.88. The molecule has 0 aliphatic rings. The number of sulfonamides is 1. The summed E-state index contributed by atoms with van der Waals surface area (Å²) in [5.41, 5.74) is 5.18. The van der Waals surface area contributed by atoms with Gasteiger partial charge in [0, 0.05) is 26.7 Å². The molecule has 1 unspecified atom stereocenters. The van der Waals surface area contributed by atoms with Gasteiger partial charge in [-0.25, -0.2) is 8.42 Å². The van der Waals surface area contributed by atoms with Crippen LogP contribution in [0.1, 0.15) is 6.92 Å². The highest BCUT2D eigenvalue weighted by atomic mass is 32.2. The van der Waals surface area contributed by atoms with Crippen LogP contribution in [0, 0.1) is 10.1 Å². The summed E-state index contributed by atoms with van der Waals surface area (Å²) in [6, 6.07) is 3.60. The molecule has 0 heterocycles. The summed E-state index contributed by atoms with van der Waals surface area (Å²) in [4.78, 5) is 34.4. The van der Waals surface area contributed by atoms with E-state index in [1.54, 1.807) is 6.92 Å². The lowest BCUT2D eigenvalue weighted by Gasteiger charge is -2.24. The van der Waals surface area contributed by atoms with Gasteiger partial charge in [0.25, 0.3) is 5.69 Å². The third-order valence-electron chi connectivity index (χ3n) is 3.57. The van der Waals surface area contributed by atoms with Crippen LogP contribution in [0.2, 0.25) is 0 Å². The number of ether oxygens (including phenoxy) is 1. The van der Waals surface area contributed by atoms with Crippen molar-refractivity contribution in [3.63, 3.8) is 0 Å². The lowest BCUT2D eigenvalue weighted by atomic mass is 10.2. The van der Waals surface area contributed by atoms with E-state index in [4.69, 9.17) is 10.5 Å². The van der Waals surface area contributed by atoms with Crippen LogP contribution in [-0.4, -0.2) is 74.3 Å². The number of nitrogens with zero attached hydrogens (tertiary/aromatic N) is 3. The molecule has 1 amide bonds. The van der Waals surface area contributed by atoms with Gasteiger partial charge in [-0.1, -0.05) is 12.1 Å². The second-order valence-corrected chi connectivity index (χ2v) is 7.63. The van der Waals surface area contributed by atoms with Crippen LogP contribution in [0.4, 0.5) is 5.69 Å². The molecule has 0 saturated heterocycles. The molecule has 0 aromatic heterocycles. The van der Waals surface area contributed by atoms with Gasteiger partial charge in [0.15, 0.2) is 4.90 Å². The molecular weight excluding hydrogens is 380 g/mol. The van der Waals surface area contributed by atoms with E-state index in [0.717, 1.165) is 28.4 Å². The first-order chi connectivity index (χ1) is 12.5. The molecule has 1 aromatic carbocycles. The van der Waals surface area contributed by atoms with Gasteiger partial charge in [0.05, 0.1) is 17.6 Å². The number of carbonyl (C=O) groups excluding carboxylic acids is 2. The minimum absolute atomic E-state index is 0.157. The van der Waals surface area contributed by atoms with Crippen LogP contribution in [0.3, 0.4) is 0 Å². The quantitative estimate of drug-likeness (QED) is 0.331. The summed E-state index contributed by atoms with van der Waals surface area (Å²) in [6.07, 6.45) is 0. The number of hydrogen-bond donors (Lipinski definition) is 1. The van der Waals surface area contributed by atoms with E-state index >= 15 is 0 Å². The average molecular weight is 402 g/mol. The maximum Gasteiger partial charge on any atom is 0.325 e. The number of nitro groups is 1. The zero-order valence-corrected chi connectivity index (χ0v) is 16.0. The first-order valence-corrected chi connectivity index (χ1v) is 9.32. The van der Waals surface area contributed by atoms with Crippen molar-refractivity contribution >= 4 is 27.6 Å². The van der Waals surface area contributed by atoms with Crippen molar-refractivity contribution < 1.29 is 27.7 Å². The van der Waals surface area contributed by atoms with Gasteiger partial charge in [0.2, 0.25) is 15.9 Å². The Bertz CT molecular complexity index is 812. The van der Waals surface area contributed by atoms with Crippen molar-refractivity contribution in [2.45, 2.75) is 17.9 Å². The third-order valence-corrected chi connectivity index (χ3v) is 5.44. The number of para-hydroxylation sites is 1. The topological polar surface area (TPSA) is 153 Å². The Kier molecular flexibility index (Phi) is 7.82. The Morgan fingerprint density at radius 3 is 2.44 bits per heavy atom. The predicted molar refractivity (Wildman–Crippen MR) is 95.2 cm³/mol. The molecule has 27 heavy (non-hydrogen) atoms. The molecule has 0 aliphatic heterocycles. The number of benzene rings is 1. The van der Waals surface area contributed by atoms with Gasteiger partial charge in [-0.2, -0.15) is 4.31 Å². The monoisotopic (exact) mass is 402 g/mol. The summed E-state index contributed by atoms with van der Waals surface area (Å²) < 4.78 is 30.7. The van der Waals surface area contributed by atoms with E-state index in [1.165, 1.54) is 19.2 Å². The number of rotatable bonds is 9. The minimum Gasteiger partial charge on any atom is -0.465 e. The van der Waals surface area contributed by atoms with Crippen LogP contribution in [0.25, 0.3) is 0 Å². The van der Waals surface area contributed by atoms with Crippen LogP contribution < -0.4 is 5.73 Å². The fourth-order valence-corrected chi connectivity index (χ4v) is 3.56. The second kappa shape index (κ2) is 9.39. The molecule has 0 saturated carbocycles. The van der Waals surface area contributed by atoms with Crippen LogP contribution in [-0.2, 0) is 24.3 Å². The molecule has 1 rings (SSSR count). The van der Waals surface area contributed by atoms with Gasteiger partial charge in [0.1, 0.15) is 6.54 Å². The van der Waals surface area contributed by atoms with E-state index in [2.05, 4.69) is 0 Å². The predicted octanol–water partition coefficient (Wildman–Crippen LogP) is -0.436. The van der Waals surface area contributed by atoms with Crippen LogP contribution >= 0.6 is 0 Å². The molecule has 150 valence electrons. The molecule has 2 N–H and O–H groups in total. The van der Waals surface area contributed by atoms with Gasteiger partial charge < -0.3 is 15.4 Å². The number of amides is 1. The number of likely N-dealkylation sites (N-methyl/N-ethyl adjacent to an activating group) is 2. The SMILES string of the molecule is CCOC(=O)CN(C)C(=O)C(N)CN(C)S(=O)(=O)c1ccccc1[N+](=O)[O-]. The van der Waals surface area contributed by atoms with Gasteiger partial charge in [-0.05, 0) is 13.0 Å². The van der Waals surface area contributed by atoms with Crippen LogP contribution in [0.5, 0.6) is 0 Å². The molecular formula is C15H22N4O7S. The number of hydrogen-bond acceptors (Lipinski definition) is 8. The number of nitro benzene ring substituents is 1. The van der Waals surface area contributed by atoms with Crippen molar-refractivity contribution in [2.75, 3.05) is 33.8 Å². The van der Waals surface area contributed by atoms with Crippen molar-refractivity contribution in [2.24, 2.45) is 5.73 Å². The average Bonchev–Trinajstić information content (AvgIpc) is 2.60. The maximum atomic E-state index is 12.6. The maximum absolute atomic E-state index is 12.6. The van der Waals surface area contributed by atoms with E-state index in [1.807, 2.05) is 0 Å². The van der Waals surface area contributed by atoms with E-state index in [9.17, 15) is 28.1 Å². The lowest BCUT2D eigenvalue weighted by molar-refractivity contribution is -0.387. The molecule has 11 nitrogen and oxygen atoms in total. The third kappa shape index (κ3) is 5.70. The molecule has 0 spiro atoms. The zero-order chi connectivity index (χ0) is 20.8. The smallest absolute Gasteiger partial charge is 0.325 e. The number of nitrogens with two attached hydrogens (primary N) is 1. The summed E-state index contributed by atoms with van der Waals surface area (Å²) in [6.45, 7) is 1.01. The second-order valence-electron chi connectivity index (χ2n) is 5.62. The summed E-state index contributed by atoms with van der Waals surface area (Å²) in [5.74, 6) is -1.30. The van der Waals surface area contributed by atoms with Crippen molar-refractivity contribution in [3.8, 4) is 0 Å². The summed E-state index contributed by atoms with van der Waals surface area (Å²) in [7, 11) is -1.77. The molecule has 0 fully saturated rings. The fraction of sp³-hybridized carbons (Fsp3) is 0.467. The highest BCUT2D eigenvalue weighted by Gasteiger charge is 2.32. The number of esters is 1. The van der Waals surface area contributed by atoms with Crippen LogP contribution in [0.15, 0.2) is 29.2 Å². The molecule has 12 heteroatoms. The van der Waals surface area contributed by atoms with E-state index in [-0.39, 0.29) is 13.2 Å². The van der Waals surface area contributed by atoms with E-state index < -0.39 is 50.0 Å². The molecule has 0 aliphatic carbocycles. The van der Waals surface area contributed by atoms with Gasteiger partial charge >= 0.3 is 5.97 Å². The Morgan fingerprint density at radius 1 is 1.30 bits per heavy atom. The highest BCUT2D eigenvalue weighted by molar-refractivity contribution is 7.89. The molecule has 1 atom stereocenters. The van der Waals surface area contributed by atoms with E-state index in [0.29, 0.717) is 0 Å². The Hall–Kier alpha value is -2.57. The number of carbonyl (C=O) groups is 2. The van der Waals surface area contributed by atoms with Crippen molar-refractivity contribution in [1.29, 1.82) is 0 Å². The highest BCUT2D eigenvalue weighted by Crippen LogP contribution is 2.25. The standard InChI is InChI=1S/C15H22N4O7S/c1-4-26-14(20)10-17(2)15(21)11(16)9-18(3)27(24,25)13-8-6-5-7-12(13)19(22)23/h5-8,11H,4,9-10,16H2,1-3H3. The summed E-state index contributed by atoms with van der Waals surface area (Å²) in [5, 5.41) is 11.1. The largest absolute Gasteiger partial charge is 0.465 e.